The molecule has 1 N–H and O–H groups in total. The summed E-state index contributed by atoms with van der Waals surface area (Å²) in [6.45, 7) is 5.47. The Kier molecular flexibility index (Phi) is 5.22. The van der Waals surface area contributed by atoms with E-state index in [1.165, 1.54) is 7.11 Å². The van der Waals surface area contributed by atoms with Crippen molar-refractivity contribution in [1.82, 2.24) is 5.32 Å². The zero-order valence-corrected chi connectivity index (χ0v) is 10.5. The van der Waals surface area contributed by atoms with E-state index in [1.807, 2.05) is 13.8 Å². The second-order valence-electron chi connectivity index (χ2n) is 4.28. The van der Waals surface area contributed by atoms with Crippen LogP contribution in [0.5, 0.6) is 0 Å². The lowest BCUT2D eigenvalue weighted by Crippen LogP contribution is -2.56. The van der Waals surface area contributed by atoms with Crippen LogP contribution in [-0.2, 0) is 14.3 Å². The number of methoxy groups -OCH3 is 1. The van der Waals surface area contributed by atoms with Gasteiger partial charge in [0.05, 0.1) is 13.2 Å². The Balaban J connectivity index is 2.71. The van der Waals surface area contributed by atoms with Crippen LogP contribution in [0.25, 0.3) is 0 Å². The van der Waals surface area contributed by atoms with Gasteiger partial charge >= 0.3 is 5.97 Å². The summed E-state index contributed by atoms with van der Waals surface area (Å²) in [5.74, 6) is -0.154. The average Bonchev–Trinajstić information content (AvgIpc) is 2.29. The third kappa shape index (κ3) is 2.95. The number of likely N-dealkylation sites (N-methyl/N-ethyl adjacent to an activating group) is 1. The van der Waals surface area contributed by atoms with E-state index in [0.717, 1.165) is 32.2 Å². The molecule has 0 aromatic carbocycles. The first-order valence-electron chi connectivity index (χ1n) is 6.13. The summed E-state index contributed by atoms with van der Waals surface area (Å²) in [4.78, 5) is 11.9. The van der Waals surface area contributed by atoms with Gasteiger partial charge in [0.2, 0.25) is 0 Å². The molecule has 0 aromatic rings. The normalized spacial score (nSPS) is 30.1. The largest absolute Gasteiger partial charge is 0.468 e. The van der Waals surface area contributed by atoms with Crippen LogP contribution in [0.3, 0.4) is 0 Å². The maximum atomic E-state index is 11.9. The Bertz CT molecular complexity index is 226. The van der Waals surface area contributed by atoms with E-state index >= 15 is 0 Å². The molecule has 16 heavy (non-hydrogen) atoms. The van der Waals surface area contributed by atoms with E-state index in [-0.39, 0.29) is 12.1 Å². The summed E-state index contributed by atoms with van der Waals surface area (Å²) in [5, 5.41) is 3.28. The molecule has 1 rings (SSSR count). The molecule has 1 saturated carbocycles. The maximum absolute atomic E-state index is 11.9. The van der Waals surface area contributed by atoms with E-state index in [0.29, 0.717) is 6.61 Å². The van der Waals surface area contributed by atoms with E-state index in [1.54, 1.807) is 0 Å². The molecule has 0 amide bonds. The fourth-order valence-electron chi connectivity index (χ4n) is 2.55. The molecule has 0 radical (unpaired) electrons. The van der Waals surface area contributed by atoms with Gasteiger partial charge in [0.25, 0.3) is 0 Å². The molecular weight excluding hydrogens is 206 g/mol. The van der Waals surface area contributed by atoms with Crippen molar-refractivity contribution in [2.75, 3.05) is 20.3 Å². The molecule has 2 unspecified atom stereocenters. The molecule has 2 atom stereocenters. The van der Waals surface area contributed by atoms with Crippen molar-refractivity contribution in [3.8, 4) is 0 Å². The third-order valence-electron chi connectivity index (χ3n) is 3.20. The van der Waals surface area contributed by atoms with Crippen molar-refractivity contribution in [1.29, 1.82) is 0 Å². The monoisotopic (exact) mass is 229 g/mol. The quantitative estimate of drug-likeness (QED) is 0.726. The van der Waals surface area contributed by atoms with Gasteiger partial charge in [0, 0.05) is 13.0 Å². The molecule has 0 heterocycles. The number of ether oxygens (including phenoxy) is 2. The molecular formula is C12H23NO3. The molecule has 1 aliphatic carbocycles. The first kappa shape index (κ1) is 13.5. The summed E-state index contributed by atoms with van der Waals surface area (Å²) in [7, 11) is 1.45. The predicted molar refractivity (Wildman–Crippen MR) is 62.3 cm³/mol. The SMILES string of the molecule is CCNC1(C(=O)OC)CCCC(OCC)C1. The lowest BCUT2D eigenvalue weighted by Gasteiger charge is -2.38. The van der Waals surface area contributed by atoms with Gasteiger partial charge in [0.15, 0.2) is 0 Å². The molecule has 4 nitrogen and oxygen atoms in total. The van der Waals surface area contributed by atoms with Crippen molar-refractivity contribution in [2.24, 2.45) is 0 Å². The average molecular weight is 229 g/mol. The molecule has 0 spiro atoms. The van der Waals surface area contributed by atoms with Gasteiger partial charge < -0.3 is 14.8 Å². The predicted octanol–water partition coefficient (Wildman–Crippen LogP) is 1.49. The van der Waals surface area contributed by atoms with Crippen molar-refractivity contribution in [3.63, 3.8) is 0 Å². The van der Waals surface area contributed by atoms with Crippen LogP contribution in [0.1, 0.15) is 39.5 Å². The highest BCUT2D eigenvalue weighted by atomic mass is 16.5. The Morgan fingerprint density at radius 1 is 1.50 bits per heavy atom. The highest BCUT2D eigenvalue weighted by Gasteiger charge is 2.43. The standard InChI is InChI=1S/C12H23NO3/c1-4-13-12(11(14)15-3)8-6-7-10(9-12)16-5-2/h10,13H,4-9H2,1-3H3. The smallest absolute Gasteiger partial charge is 0.326 e. The summed E-state index contributed by atoms with van der Waals surface area (Å²) >= 11 is 0. The lowest BCUT2D eigenvalue weighted by atomic mass is 9.80. The first-order chi connectivity index (χ1) is 7.68. The van der Waals surface area contributed by atoms with Gasteiger partial charge in [0.1, 0.15) is 5.54 Å². The zero-order valence-electron chi connectivity index (χ0n) is 10.5. The minimum absolute atomic E-state index is 0.154. The molecule has 0 aromatic heterocycles. The number of carbonyl (C=O) groups is 1. The molecule has 0 aliphatic heterocycles. The number of hydrogen-bond donors (Lipinski definition) is 1. The lowest BCUT2D eigenvalue weighted by molar-refractivity contribution is -0.152. The summed E-state index contributed by atoms with van der Waals surface area (Å²) < 4.78 is 10.5. The number of hydrogen-bond acceptors (Lipinski definition) is 4. The fourth-order valence-corrected chi connectivity index (χ4v) is 2.55. The van der Waals surface area contributed by atoms with Crippen molar-refractivity contribution in [3.05, 3.63) is 0 Å². The van der Waals surface area contributed by atoms with Crippen LogP contribution < -0.4 is 5.32 Å². The summed E-state index contributed by atoms with van der Waals surface area (Å²) in [6.07, 6.45) is 3.79. The highest BCUT2D eigenvalue weighted by Crippen LogP contribution is 2.31. The Hall–Kier alpha value is -0.610. The van der Waals surface area contributed by atoms with Crippen molar-refractivity contribution < 1.29 is 14.3 Å². The summed E-state index contributed by atoms with van der Waals surface area (Å²) in [5.41, 5.74) is -0.526. The van der Waals surface area contributed by atoms with Gasteiger partial charge in [-0.2, -0.15) is 0 Å². The Labute approximate surface area is 97.7 Å². The maximum Gasteiger partial charge on any atom is 0.326 e. The third-order valence-corrected chi connectivity index (χ3v) is 3.20. The van der Waals surface area contributed by atoms with E-state index in [9.17, 15) is 4.79 Å². The summed E-state index contributed by atoms with van der Waals surface area (Å²) in [6, 6.07) is 0. The van der Waals surface area contributed by atoms with E-state index in [2.05, 4.69) is 5.32 Å². The van der Waals surface area contributed by atoms with Crippen LogP contribution in [0.2, 0.25) is 0 Å². The van der Waals surface area contributed by atoms with Crippen molar-refractivity contribution in [2.45, 2.75) is 51.2 Å². The van der Waals surface area contributed by atoms with Crippen LogP contribution in [0, 0.1) is 0 Å². The second kappa shape index (κ2) is 6.21. The van der Waals surface area contributed by atoms with Crippen molar-refractivity contribution >= 4 is 5.97 Å². The first-order valence-corrected chi connectivity index (χ1v) is 6.13. The van der Waals surface area contributed by atoms with Gasteiger partial charge in [-0.3, -0.25) is 4.79 Å². The van der Waals surface area contributed by atoms with Crippen LogP contribution in [0.15, 0.2) is 0 Å². The molecule has 0 saturated heterocycles. The van der Waals surface area contributed by atoms with E-state index in [4.69, 9.17) is 9.47 Å². The highest BCUT2D eigenvalue weighted by molar-refractivity contribution is 5.81. The molecule has 1 fully saturated rings. The Morgan fingerprint density at radius 2 is 2.25 bits per heavy atom. The van der Waals surface area contributed by atoms with Crippen LogP contribution >= 0.6 is 0 Å². The van der Waals surface area contributed by atoms with Gasteiger partial charge in [-0.15, -0.1) is 0 Å². The number of esters is 1. The number of nitrogens with one attached hydrogen (secondary N) is 1. The molecule has 4 heteroatoms. The number of carbonyl (C=O) groups excluding carboxylic acids is 1. The van der Waals surface area contributed by atoms with Gasteiger partial charge in [-0.05, 0) is 32.7 Å². The minimum Gasteiger partial charge on any atom is -0.468 e. The topological polar surface area (TPSA) is 47.6 Å². The fraction of sp³-hybridized carbons (Fsp3) is 0.917. The zero-order chi connectivity index (χ0) is 12.0. The minimum atomic E-state index is -0.526. The van der Waals surface area contributed by atoms with Crippen LogP contribution in [-0.4, -0.2) is 37.9 Å². The van der Waals surface area contributed by atoms with Crippen LogP contribution in [0.4, 0.5) is 0 Å². The molecule has 0 bridgehead atoms. The molecule has 94 valence electrons. The Morgan fingerprint density at radius 3 is 2.81 bits per heavy atom. The molecule has 1 aliphatic rings. The van der Waals surface area contributed by atoms with Gasteiger partial charge in [-0.1, -0.05) is 6.92 Å². The van der Waals surface area contributed by atoms with E-state index < -0.39 is 5.54 Å². The van der Waals surface area contributed by atoms with Gasteiger partial charge in [-0.25, -0.2) is 0 Å². The second-order valence-corrected chi connectivity index (χ2v) is 4.28. The number of rotatable bonds is 5.